The summed E-state index contributed by atoms with van der Waals surface area (Å²) in [5, 5.41) is 3.19. The number of anilines is 2. The van der Waals surface area contributed by atoms with Crippen molar-refractivity contribution in [2.45, 2.75) is 11.8 Å². The molecule has 6 nitrogen and oxygen atoms in total. The molecule has 7 heteroatoms. The van der Waals surface area contributed by atoms with E-state index in [1.807, 2.05) is 0 Å². The number of hydrogen-bond donors (Lipinski definition) is 3. The minimum Gasteiger partial charge on any atom is -0.398 e. The summed E-state index contributed by atoms with van der Waals surface area (Å²) in [6.07, 6.45) is 0. The second kappa shape index (κ2) is 6.74. The fraction of sp³-hybridized carbons (Fsp3) is 0.500. The molecule has 1 aromatic rings. The molecule has 19 heavy (non-hydrogen) atoms. The van der Waals surface area contributed by atoms with Gasteiger partial charge in [0.25, 0.3) is 0 Å². The average molecular weight is 287 g/mol. The fourth-order valence-corrected chi connectivity index (χ4v) is 2.48. The van der Waals surface area contributed by atoms with Gasteiger partial charge in [-0.25, -0.2) is 13.1 Å². The molecule has 1 aromatic carbocycles. The van der Waals surface area contributed by atoms with Crippen LogP contribution in [-0.2, 0) is 14.8 Å². The van der Waals surface area contributed by atoms with Crippen LogP contribution in [-0.4, -0.2) is 35.7 Å². The molecule has 0 fully saturated rings. The quantitative estimate of drug-likeness (QED) is 0.647. The Morgan fingerprint density at radius 1 is 1.42 bits per heavy atom. The van der Waals surface area contributed by atoms with Crippen molar-refractivity contribution in [2.75, 3.05) is 38.4 Å². The topological polar surface area (TPSA) is 93.5 Å². The third kappa shape index (κ3) is 4.38. The first kappa shape index (κ1) is 15.7. The van der Waals surface area contributed by atoms with Gasteiger partial charge in [0.15, 0.2) is 0 Å². The molecule has 0 bridgehead atoms. The van der Waals surface area contributed by atoms with Gasteiger partial charge in [-0.2, -0.15) is 0 Å². The smallest absolute Gasteiger partial charge is 0.242 e. The summed E-state index contributed by atoms with van der Waals surface area (Å²) in [6.45, 7) is 3.44. The maximum Gasteiger partial charge on any atom is 0.242 e. The summed E-state index contributed by atoms with van der Waals surface area (Å²) < 4.78 is 30.6. The van der Waals surface area contributed by atoms with E-state index < -0.39 is 10.0 Å². The van der Waals surface area contributed by atoms with Gasteiger partial charge in [-0.05, 0) is 31.2 Å². The highest BCUT2D eigenvalue weighted by Gasteiger charge is 2.15. The van der Waals surface area contributed by atoms with Crippen molar-refractivity contribution in [3.8, 4) is 0 Å². The maximum absolute atomic E-state index is 11.7. The Morgan fingerprint density at radius 2 is 2.11 bits per heavy atom. The van der Waals surface area contributed by atoms with Crippen LogP contribution in [0.2, 0.25) is 0 Å². The molecule has 0 spiro atoms. The van der Waals surface area contributed by atoms with E-state index in [1.54, 1.807) is 19.2 Å². The summed E-state index contributed by atoms with van der Waals surface area (Å²) in [6, 6.07) is 4.80. The molecule has 1 rings (SSSR count). The van der Waals surface area contributed by atoms with Gasteiger partial charge in [-0.3, -0.25) is 0 Å². The van der Waals surface area contributed by atoms with Crippen molar-refractivity contribution >= 4 is 21.4 Å². The van der Waals surface area contributed by atoms with E-state index in [4.69, 9.17) is 10.5 Å². The highest BCUT2D eigenvalue weighted by molar-refractivity contribution is 7.89. The minimum absolute atomic E-state index is 0.0884. The van der Waals surface area contributed by atoms with Crippen LogP contribution in [0.25, 0.3) is 0 Å². The Bertz CT molecular complexity index is 517. The van der Waals surface area contributed by atoms with Gasteiger partial charge < -0.3 is 15.8 Å². The molecule has 0 aromatic heterocycles. The maximum atomic E-state index is 11.7. The Hall–Kier alpha value is -1.31. The van der Waals surface area contributed by atoms with Gasteiger partial charge in [-0.1, -0.05) is 6.92 Å². The zero-order chi connectivity index (χ0) is 14.5. The lowest BCUT2D eigenvalue weighted by molar-refractivity contribution is 0.164. The monoisotopic (exact) mass is 287 g/mol. The van der Waals surface area contributed by atoms with Crippen molar-refractivity contribution in [3.05, 3.63) is 18.2 Å². The van der Waals surface area contributed by atoms with E-state index in [9.17, 15) is 8.42 Å². The van der Waals surface area contributed by atoms with E-state index in [-0.39, 0.29) is 10.6 Å². The molecule has 1 unspecified atom stereocenters. The number of nitrogens with two attached hydrogens (primary N) is 1. The molecule has 0 amide bonds. The van der Waals surface area contributed by atoms with Crippen molar-refractivity contribution in [2.24, 2.45) is 5.92 Å². The van der Waals surface area contributed by atoms with Crippen molar-refractivity contribution < 1.29 is 13.2 Å². The Kier molecular flexibility index (Phi) is 5.59. The first-order valence-electron chi connectivity index (χ1n) is 5.96. The van der Waals surface area contributed by atoms with E-state index in [0.717, 1.165) is 12.2 Å². The third-order valence-electron chi connectivity index (χ3n) is 2.67. The molecule has 108 valence electrons. The standard InChI is InChI=1S/C12H21N3O3S/c1-9(8-18-3)7-15-10-4-5-12(11(13)6-10)19(16,17)14-2/h4-6,9,14-15H,7-8,13H2,1-3H3. The van der Waals surface area contributed by atoms with Crippen LogP contribution >= 0.6 is 0 Å². The van der Waals surface area contributed by atoms with Crippen LogP contribution in [0.4, 0.5) is 11.4 Å². The normalized spacial score (nSPS) is 13.2. The lowest BCUT2D eigenvalue weighted by Gasteiger charge is -2.14. The Morgan fingerprint density at radius 3 is 2.63 bits per heavy atom. The number of ether oxygens (including phenoxy) is 1. The highest BCUT2D eigenvalue weighted by Crippen LogP contribution is 2.22. The van der Waals surface area contributed by atoms with Crippen molar-refractivity contribution in [1.82, 2.24) is 4.72 Å². The van der Waals surface area contributed by atoms with Gasteiger partial charge >= 0.3 is 0 Å². The predicted octanol–water partition coefficient (Wildman–Crippen LogP) is 0.871. The molecule has 0 radical (unpaired) electrons. The van der Waals surface area contributed by atoms with Crippen molar-refractivity contribution in [1.29, 1.82) is 0 Å². The zero-order valence-electron chi connectivity index (χ0n) is 11.4. The first-order valence-corrected chi connectivity index (χ1v) is 7.45. The first-order chi connectivity index (χ1) is 8.90. The number of nitrogens with one attached hydrogen (secondary N) is 2. The summed E-state index contributed by atoms with van der Waals surface area (Å²) in [7, 11) is -0.495. The van der Waals surface area contributed by atoms with Crippen LogP contribution in [0.3, 0.4) is 0 Å². The molecule has 0 aliphatic carbocycles. The summed E-state index contributed by atoms with van der Waals surface area (Å²) >= 11 is 0. The Labute approximate surface area is 114 Å². The van der Waals surface area contributed by atoms with Gasteiger partial charge in [0.05, 0.1) is 12.3 Å². The number of rotatable bonds is 7. The zero-order valence-corrected chi connectivity index (χ0v) is 12.3. The number of sulfonamides is 1. The predicted molar refractivity (Wildman–Crippen MR) is 76.6 cm³/mol. The second-order valence-electron chi connectivity index (χ2n) is 4.40. The lowest BCUT2D eigenvalue weighted by atomic mass is 10.2. The van der Waals surface area contributed by atoms with Crippen molar-refractivity contribution in [3.63, 3.8) is 0 Å². The molecule has 0 heterocycles. The Balaban J connectivity index is 2.78. The second-order valence-corrected chi connectivity index (χ2v) is 6.26. The van der Waals surface area contributed by atoms with Crippen LogP contribution < -0.4 is 15.8 Å². The molecule has 4 N–H and O–H groups in total. The summed E-state index contributed by atoms with van der Waals surface area (Å²) in [5.74, 6) is 0.354. The molecule has 0 saturated heterocycles. The average Bonchev–Trinajstić information content (AvgIpc) is 2.36. The SMILES string of the molecule is CNS(=O)(=O)c1ccc(NCC(C)COC)cc1N. The third-order valence-corrected chi connectivity index (χ3v) is 4.16. The molecule has 1 atom stereocenters. The molecular formula is C12H21N3O3S. The van der Waals surface area contributed by atoms with Crippen LogP contribution in [0.15, 0.2) is 23.1 Å². The summed E-state index contributed by atoms with van der Waals surface area (Å²) in [5.41, 5.74) is 6.77. The van der Waals surface area contributed by atoms with Gasteiger partial charge in [0, 0.05) is 19.3 Å². The van der Waals surface area contributed by atoms with E-state index in [2.05, 4.69) is 17.0 Å². The van der Waals surface area contributed by atoms with Crippen LogP contribution in [0.1, 0.15) is 6.92 Å². The minimum atomic E-state index is -3.51. The number of methoxy groups -OCH3 is 1. The number of benzene rings is 1. The molecule has 0 aliphatic heterocycles. The molecule has 0 aliphatic rings. The largest absolute Gasteiger partial charge is 0.398 e. The molecule has 0 saturated carbocycles. The molecular weight excluding hydrogens is 266 g/mol. The number of hydrogen-bond acceptors (Lipinski definition) is 5. The van der Waals surface area contributed by atoms with Gasteiger partial charge in [-0.15, -0.1) is 0 Å². The van der Waals surface area contributed by atoms with Crippen LogP contribution in [0, 0.1) is 5.92 Å². The van der Waals surface area contributed by atoms with Gasteiger partial charge in [0.2, 0.25) is 10.0 Å². The highest BCUT2D eigenvalue weighted by atomic mass is 32.2. The van der Waals surface area contributed by atoms with E-state index >= 15 is 0 Å². The van der Waals surface area contributed by atoms with Crippen LogP contribution in [0.5, 0.6) is 0 Å². The van der Waals surface area contributed by atoms with E-state index in [0.29, 0.717) is 12.5 Å². The summed E-state index contributed by atoms with van der Waals surface area (Å²) in [4.78, 5) is 0.0884. The lowest BCUT2D eigenvalue weighted by Crippen LogP contribution is -2.20. The van der Waals surface area contributed by atoms with Gasteiger partial charge in [0.1, 0.15) is 4.90 Å². The fourth-order valence-electron chi connectivity index (χ4n) is 1.65. The number of nitrogen functional groups attached to an aromatic ring is 1. The van der Waals surface area contributed by atoms with E-state index in [1.165, 1.54) is 13.1 Å².